The van der Waals surface area contributed by atoms with E-state index in [4.69, 9.17) is 19.2 Å². The number of nitrogens with zero attached hydrogens (tertiary/aromatic N) is 2. The molecule has 0 atom stereocenters. The van der Waals surface area contributed by atoms with Crippen molar-refractivity contribution in [2.24, 2.45) is 0 Å². The van der Waals surface area contributed by atoms with Gasteiger partial charge >= 0.3 is 0 Å². The van der Waals surface area contributed by atoms with Gasteiger partial charge in [0.2, 0.25) is 5.75 Å². The topological polar surface area (TPSA) is 55.9 Å². The highest BCUT2D eigenvalue weighted by atomic mass is 19.1. The Morgan fingerprint density at radius 2 is 1.67 bits per heavy atom. The Hall–Kier alpha value is -3.06. The average Bonchev–Trinajstić information content (AvgIpc) is 2.75. The molecule has 0 unspecified atom stereocenters. The van der Waals surface area contributed by atoms with E-state index in [1.54, 1.807) is 21.3 Å². The number of nitrogens with one attached hydrogen (secondary N) is 1. The second kappa shape index (κ2) is 9.63. The molecule has 3 aromatic rings. The van der Waals surface area contributed by atoms with E-state index in [1.807, 2.05) is 37.2 Å². The molecule has 0 aliphatic carbocycles. The molecule has 160 valence electrons. The molecule has 1 heterocycles. The molecule has 0 amide bonds. The van der Waals surface area contributed by atoms with Gasteiger partial charge in [0.25, 0.3) is 0 Å². The summed E-state index contributed by atoms with van der Waals surface area (Å²) >= 11 is 0. The fraction of sp³-hybridized carbons (Fsp3) is 0.348. The number of pyridine rings is 1. The lowest BCUT2D eigenvalue weighted by molar-refractivity contribution is 0.327. The van der Waals surface area contributed by atoms with Gasteiger partial charge in [-0.3, -0.25) is 0 Å². The monoisotopic (exact) mass is 413 g/mol. The Balaban J connectivity index is 1.88. The van der Waals surface area contributed by atoms with Gasteiger partial charge < -0.3 is 24.4 Å². The minimum Gasteiger partial charge on any atom is -0.493 e. The number of halogens is 1. The third-order valence-electron chi connectivity index (χ3n) is 4.92. The molecule has 1 N–H and O–H groups in total. The zero-order chi connectivity index (χ0) is 21.7. The first-order chi connectivity index (χ1) is 14.5. The molecule has 30 heavy (non-hydrogen) atoms. The SMILES string of the molecule is COc1cc2nc(N(C)C)c(CNCCc3ccc(F)cc3)cc2c(OC)c1OC. The van der Waals surface area contributed by atoms with E-state index in [9.17, 15) is 4.39 Å². The molecule has 0 fully saturated rings. The highest BCUT2D eigenvalue weighted by Gasteiger charge is 2.19. The summed E-state index contributed by atoms with van der Waals surface area (Å²) in [5, 5.41) is 4.31. The minimum absolute atomic E-state index is 0.217. The second-order valence-electron chi connectivity index (χ2n) is 7.13. The van der Waals surface area contributed by atoms with Crippen LogP contribution in [-0.2, 0) is 13.0 Å². The molecular weight excluding hydrogens is 385 g/mol. The van der Waals surface area contributed by atoms with Crippen molar-refractivity contribution in [3.05, 3.63) is 53.3 Å². The van der Waals surface area contributed by atoms with Crippen LogP contribution < -0.4 is 24.4 Å². The van der Waals surface area contributed by atoms with Crippen molar-refractivity contribution in [2.45, 2.75) is 13.0 Å². The van der Waals surface area contributed by atoms with E-state index in [0.717, 1.165) is 40.8 Å². The van der Waals surface area contributed by atoms with Crippen molar-refractivity contribution in [3.8, 4) is 17.2 Å². The van der Waals surface area contributed by atoms with E-state index >= 15 is 0 Å². The summed E-state index contributed by atoms with van der Waals surface area (Å²) in [6, 6.07) is 10.5. The fourth-order valence-corrected chi connectivity index (χ4v) is 3.45. The van der Waals surface area contributed by atoms with E-state index in [1.165, 1.54) is 12.1 Å². The number of hydrogen-bond donors (Lipinski definition) is 1. The first-order valence-electron chi connectivity index (χ1n) is 9.73. The van der Waals surface area contributed by atoms with Gasteiger partial charge in [-0.1, -0.05) is 12.1 Å². The Bertz CT molecular complexity index is 1010. The van der Waals surface area contributed by atoms with Crippen LogP contribution in [0.25, 0.3) is 10.9 Å². The number of benzene rings is 2. The van der Waals surface area contributed by atoms with Gasteiger partial charge in [-0.05, 0) is 36.7 Å². The maximum Gasteiger partial charge on any atom is 0.204 e. The molecule has 0 saturated carbocycles. The van der Waals surface area contributed by atoms with Crippen LogP contribution in [0, 0.1) is 5.82 Å². The first-order valence-corrected chi connectivity index (χ1v) is 9.73. The minimum atomic E-state index is -0.217. The number of fused-ring (bicyclic) bond motifs is 1. The number of aromatic nitrogens is 1. The standard InChI is InChI=1S/C23H28FN3O3/c1-27(2)23-16(14-25-11-10-15-6-8-17(24)9-7-15)12-18-19(26-23)13-20(28-3)22(30-5)21(18)29-4/h6-9,12-13,25H,10-11,14H2,1-5H3. The molecule has 3 rings (SSSR count). The van der Waals surface area contributed by atoms with Gasteiger partial charge in [-0.15, -0.1) is 0 Å². The lowest BCUT2D eigenvalue weighted by atomic mass is 10.1. The smallest absolute Gasteiger partial charge is 0.204 e. The van der Waals surface area contributed by atoms with Gasteiger partial charge in [0.05, 0.1) is 26.8 Å². The lowest BCUT2D eigenvalue weighted by Gasteiger charge is -2.20. The Morgan fingerprint density at radius 3 is 2.27 bits per heavy atom. The van der Waals surface area contributed by atoms with Crippen molar-refractivity contribution >= 4 is 16.7 Å². The van der Waals surface area contributed by atoms with Crippen LogP contribution >= 0.6 is 0 Å². The molecule has 0 aliphatic heterocycles. The molecule has 6 nitrogen and oxygen atoms in total. The van der Waals surface area contributed by atoms with Gasteiger partial charge in [0.1, 0.15) is 11.6 Å². The molecule has 0 radical (unpaired) electrons. The maximum atomic E-state index is 13.1. The maximum absolute atomic E-state index is 13.1. The predicted octanol–water partition coefficient (Wildman–Crippen LogP) is 3.80. The zero-order valence-corrected chi connectivity index (χ0v) is 18.1. The van der Waals surface area contributed by atoms with Crippen LogP contribution in [0.2, 0.25) is 0 Å². The van der Waals surface area contributed by atoms with Crippen molar-refractivity contribution in [3.63, 3.8) is 0 Å². The first kappa shape index (κ1) is 21.6. The average molecular weight is 413 g/mol. The van der Waals surface area contributed by atoms with Crippen molar-refractivity contribution in [1.29, 1.82) is 0 Å². The number of hydrogen-bond acceptors (Lipinski definition) is 6. The van der Waals surface area contributed by atoms with Crippen LogP contribution in [0.5, 0.6) is 17.2 Å². The van der Waals surface area contributed by atoms with Crippen molar-refractivity contribution in [2.75, 3.05) is 46.9 Å². The highest BCUT2D eigenvalue weighted by molar-refractivity contribution is 5.92. The Labute approximate surface area is 176 Å². The number of anilines is 1. The Kier molecular flexibility index (Phi) is 6.95. The van der Waals surface area contributed by atoms with Crippen LogP contribution in [-0.4, -0.2) is 47.0 Å². The van der Waals surface area contributed by atoms with Gasteiger partial charge in [0.15, 0.2) is 11.5 Å². The highest BCUT2D eigenvalue weighted by Crippen LogP contribution is 2.43. The number of ether oxygens (including phenoxy) is 3. The number of methoxy groups -OCH3 is 3. The molecule has 1 aromatic heterocycles. The second-order valence-corrected chi connectivity index (χ2v) is 7.13. The third-order valence-corrected chi connectivity index (χ3v) is 4.92. The lowest BCUT2D eigenvalue weighted by Crippen LogP contribution is -2.20. The summed E-state index contributed by atoms with van der Waals surface area (Å²) < 4.78 is 29.6. The van der Waals surface area contributed by atoms with E-state index < -0.39 is 0 Å². The van der Waals surface area contributed by atoms with Crippen molar-refractivity contribution in [1.82, 2.24) is 10.3 Å². The van der Waals surface area contributed by atoms with Crippen LogP contribution in [0.4, 0.5) is 10.2 Å². The third kappa shape index (κ3) is 4.57. The number of rotatable bonds is 9. The summed E-state index contributed by atoms with van der Waals surface area (Å²) in [6.45, 7) is 1.40. The molecule has 0 spiro atoms. The zero-order valence-electron chi connectivity index (χ0n) is 18.1. The summed E-state index contributed by atoms with van der Waals surface area (Å²) in [7, 11) is 8.72. The van der Waals surface area contributed by atoms with E-state index in [-0.39, 0.29) is 5.82 Å². The summed E-state index contributed by atoms with van der Waals surface area (Å²) in [6.07, 6.45) is 0.812. The van der Waals surface area contributed by atoms with E-state index in [0.29, 0.717) is 23.8 Å². The van der Waals surface area contributed by atoms with Gasteiger partial charge in [-0.2, -0.15) is 0 Å². The summed E-state index contributed by atoms with van der Waals surface area (Å²) in [5.74, 6) is 2.36. The molecule has 7 heteroatoms. The van der Waals surface area contributed by atoms with Gasteiger partial charge in [0, 0.05) is 37.7 Å². The largest absolute Gasteiger partial charge is 0.493 e. The van der Waals surface area contributed by atoms with Crippen LogP contribution in [0.15, 0.2) is 36.4 Å². The molecule has 0 saturated heterocycles. The normalized spacial score (nSPS) is 10.9. The summed E-state index contributed by atoms with van der Waals surface area (Å²) in [4.78, 5) is 6.83. The van der Waals surface area contributed by atoms with Crippen LogP contribution in [0.3, 0.4) is 0 Å². The molecule has 0 aliphatic rings. The summed E-state index contributed by atoms with van der Waals surface area (Å²) in [5.41, 5.74) is 2.90. The predicted molar refractivity (Wildman–Crippen MR) is 118 cm³/mol. The van der Waals surface area contributed by atoms with Crippen LogP contribution in [0.1, 0.15) is 11.1 Å². The molecule has 2 aromatic carbocycles. The van der Waals surface area contributed by atoms with Gasteiger partial charge in [-0.25, -0.2) is 9.37 Å². The quantitative estimate of drug-likeness (QED) is 0.539. The van der Waals surface area contributed by atoms with E-state index in [2.05, 4.69) is 11.4 Å². The fourth-order valence-electron chi connectivity index (χ4n) is 3.45. The molecular formula is C23H28FN3O3. The molecule has 0 bridgehead atoms. The van der Waals surface area contributed by atoms with Crippen molar-refractivity contribution < 1.29 is 18.6 Å². The Morgan fingerprint density at radius 1 is 0.967 bits per heavy atom.